The molecule has 1 N–H and O–H groups in total. The van der Waals surface area contributed by atoms with Crippen LogP contribution in [0.25, 0.3) is 0 Å². The normalized spacial score (nSPS) is 15.0. The topological polar surface area (TPSA) is 32.3 Å². The van der Waals surface area contributed by atoms with Gasteiger partial charge in [0.1, 0.15) is 11.6 Å². The summed E-state index contributed by atoms with van der Waals surface area (Å²) < 4.78 is 26.8. The van der Waals surface area contributed by atoms with E-state index >= 15 is 0 Å². The number of hydrogen-bond acceptors (Lipinski definition) is 3. The molecular formula is C18H20F2N2OS. The monoisotopic (exact) mass is 350 g/mol. The maximum atomic E-state index is 13.8. The molecule has 128 valence electrons. The first-order valence-corrected chi connectivity index (χ1v) is 8.80. The first-order valence-electron chi connectivity index (χ1n) is 7.99. The lowest BCUT2D eigenvalue weighted by molar-refractivity contribution is 0.0747. The van der Waals surface area contributed by atoms with Gasteiger partial charge >= 0.3 is 0 Å². The lowest BCUT2D eigenvalue weighted by Gasteiger charge is -2.24. The van der Waals surface area contributed by atoms with Crippen LogP contribution in [0, 0.1) is 11.6 Å². The molecule has 2 aromatic rings. The fourth-order valence-electron chi connectivity index (χ4n) is 2.87. The van der Waals surface area contributed by atoms with E-state index in [-0.39, 0.29) is 11.9 Å². The average molecular weight is 350 g/mol. The van der Waals surface area contributed by atoms with Crippen LogP contribution in [0.5, 0.6) is 0 Å². The SMILES string of the molecule is C[C@@H](Cc1ccc(F)cc1F)N(C)C(=O)c1cc2c(s1)CCNC2. The molecule has 0 spiro atoms. The summed E-state index contributed by atoms with van der Waals surface area (Å²) in [5.74, 6) is -1.21. The Morgan fingerprint density at radius 3 is 2.88 bits per heavy atom. The zero-order chi connectivity index (χ0) is 17.3. The van der Waals surface area contributed by atoms with Gasteiger partial charge in [-0.1, -0.05) is 6.07 Å². The fourth-order valence-corrected chi connectivity index (χ4v) is 4.04. The zero-order valence-corrected chi connectivity index (χ0v) is 14.6. The van der Waals surface area contributed by atoms with Gasteiger partial charge in [-0.3, -0.25) is 4.79 Å². The molecule has 1 amide bonds. The van der Waals surface area contributed by atoms with Crippen LogP contribution >= 0.6 is 11.3 Å². The highest BCUT2D eigenvalue weighted by molar-refractivity contribution is 7.14. The molecule has 0 saturated carbocycles. The summed E-state index contributed by atoms with van der Waals surface area (Å²) in [4.78, 5) is 16.3. The van der Waals surface area contributed by atoms with E-state index in [1.807, 2.05) is 13.0 Å². The minimum absolute atomic E-state index is 0.0515. The molecule has 2 heterocycles. The zero-order valence-electron chi connectivity index (χ0n) is 13.7. The first-order chi connectivity index (χ1) is 11.5. The van der Waals surface area contributed by atoms with Gasteiger partial charge in [0.25, 0.3) is 5.91 Å². The molecule has 1 aliphatic heterocycles. The molecule has 1 aromatic carbocycles. The Kier molecular flexibility index (Phi) is 4.96. The number of carbonyl (C=O) groups is 1. The van der Waals surface area contributed by atoms with Crippen molar-refractivity contribution in [3.8, 4) is 0 Å². The summed E-state index contributed by atoms with van der Waals surface area (Å²) >= 11 is 1.55. The largest absolute Gasteiger partial charge is 0.338 e. The third kappa shape index (κ3) is 3.49. The fraction of sp³-hybridized carbons (Fsp3) is 0.389. The second-order valence-corrected chi connectivity index (χ2v) is 7.33. The van der Waals surface area contributed by atoms with E-state index in [0.29, 0.717) is 12.0 Å². The van der Waals surface area contributed by atoms with Gasteiger partial charge in [-0.15, -0.1) is 11.3 Å². The predicted octanol–water partition coefficient (Wildman–Crippen LogP) is 3.38. The maximum absolute atomic E-state index is 13.8. The minimum Gasteiger partial charge on any atom is -0.338 e. The van der Waals surface area contributed by atoms with Crippen LogP contribution in [0.3, 0.4) is 0 Å². The number of amides is 1. The quantitative estimate of drug-likeness (QED) is 0.917. The number of halogens is 2. The van der Waals surface area contributed by atoms with Crippen molar-refractivity contribution in [3.63, 3.8) is 0 Å². The molecule has 24 heavy (non-hydrogen) atoms. The standard InChI is InChI=1S/C18H20F2N2OS/c1-11(7-12-3-4-14(19)9-15(12)20)22(2)18(23)17-8-13-10-21-6-5-16(13)24-17/h3-4,8-9,11,21H,5-7,10H2,1-2H3/t11-/m0/s1. The van der Waals surface area contributed by atoms with Crippen molar-refractivity contribution in [1.29, 1.82) is 0 Å². The van der Waals surface area contributed by atoms with Gasteiger partial charge in [-0.2, -0.15) is 0 Å². The molecule has 0 unspecified atom stereocenters. The van der Waals surface area contributed by atoms with Crippen LogP contribution in [0.15, 0.2) is 24.3 Å². The van der Waals surface area contributed by atoms with Crippen LogP contribution in [0.2, 0.25) is 0 Å². The van der Waals surface area contributed by atoms with E-state index in [1.165, 1.54) is 22.6 Å². The van der Waals surface area contributed by atoms with Crippen LogP contribution in [-0.4, -0.2) is 30.4 Å². The van der Waals surface area contributed by atoms with E-state index in [9.17, 15) is 13.6 Å². The van der Waals surface area contributed by atoms with E-state index < -0.39 is 11.6 Å². The number of benzene rings is 1. The Labute approximate surface area is 144 Å². The van der Waals surface area contributed by atoms with Gasteiger partial charge in [0, 0.05) is 37.1 Å². The van der Waals surface area contributed by atoms with Gasteiger partial charge < -0.3 is 10.2 Å². The number of nitrogens with zero attached hydrogens (tertiary/aromatic N) is 1. The number of likely N-dealkylation sites (N-methyl/N-ethyl adjacent to an activating group) is 1. The van der Waals surface area contributed by atoms with Crippen LogP contribution in [0.1, 0.15) is 32.6 Å². The highest BCUT2D eigenvalue weighted by Gasteiger charge is 2.23. The highest BCUT2D eigenvalue weighted by atomic mass is 32.1. The summed E-state index contributed by atoms with van der Waals surface area (Å²) in [5, 5.41) is 3.30. The van der Waals surface area contributed by atoms with Gasteiger partial charge in [0.2, 0.25) is 0 Å². The van der Waals surface area contributed by atoms with Crippen LogP contribution < -0.4 is 5.32 Å². The number of thiophene rings is 1. The first kappa shape index (κ1) is 17.0. The highest BCUT2D eigenvalue weighted by Crippen LogP contribution is 2.27. The molecular weight excluding hydrogens is 330 g/mol. The molecule has 0 fully saturated rings. The van der Waals surface area contributed by atoms with Crippen molar-refractivity contribution in [2.24, 2.45) is 0 Å². The molecule has 0 saturated heterocycles. The summed E-state index contributed by atoms with van der Waals surface area (Å²) in [7, 11) is 1.73. The molecule has 3 nitrogen and oxygen atoms in total. The summed E-state index contributed by atoms with van der Waals surface area (Å²) in [6, 6.07) is 5.33. The van der Waals surface area contributed by atoms with E-state index in [4.69, 9.17) is 0 Å². The smallest absolute Gasteiger partial charge is 0.263 e. The molecule has 0 radical (unpaired) electrons. The molecule has 0 aliphatic carbocycles. The molecule has 6 heteroatoms. The Bertz CT molecular complexity index is 736. The Morgan fingerprint density at radius 1 is 1.38 bits per heavy atom. The molecule has 1 aromatic heterocycles. The number of nitrogens with one attached hydrogen (secondary N) is 1. The molecule has 3 rings (SSSR count). The number of fused-ring (bicyclic) bond motifs is 1. The van der Waals surface area contributed by atoms with Gasteiger partial charge in [0.15, 0.2) is 0 Å². The molecule has 1 aliphatic rings. The van der Waals surface area contributed by atoms with Crippen molar-refractivity contribution in [2.45, 2.75) is 32.4 Å². The van der Waals surface area contributed by atoms with E-state index in [2.05, 4.69) is 5.32 Å². The second kappa shape index (κ2) is 6.99. The Hall–Kier alpha value is -1.79. The molecule has 1 atom stereocenters. The van der Waals surface area contributed by atoms with Crippen molar-refractivity contribution in [2.75, 3.05) is 13.6 Å². The van der Waals surface area contributed by atoms with Crippen LogP contribution in [0.4, 0.5) is 8.78 Å². The lowest BCUT2D eigenvalue weighted by Crippen LogP contribution is -2.36. The summed E-state index contributed by atoms with van der Waals surface area (Å²) in [6.45, 7) is 3.62. The molecule has 0 bridgehead atoms. The maximum Gasteiger partial charge on any atom is 0.263 e. The Balaban J connectivity index is 1.71. The van der Waals surface area contributed by atoms with E-state index in [0.717, 1.165) is 30.5 Å². The van der Waals surface area contributed by atoms with Crippen LogP contribution in [-0.2, 0) is 19.4 Å². The third-order valence-electron chi connectivity index (χ3n) is 4.46. The van der Waals surface area contributed by atoms with Crippen molar-refractivity contribution < 1.29 is 13.6 Å². The summed E-state index contributed by atoms with van der Waals surface area (Å²) in [6.07, 6.45) is 1.30. The Morgan fingerprint density at radius 2 is 2.17 bits per heavy atom. The lowest BCUT2D eigenvalue weighted by atomic mass is 10.1. The van der Waals surface area contributed by atoms with Gasteiger partial charge in [-0.05, 0) is 43.0 Å². The average Bonchev–Trinajstić information content (AvgIpc) is 3.00. The number of rotatable bonds is 4. The number of hydrogen-bond donors (Lipinski definition) is 1. The van der Waals surface area contributed by atoms with Crippen molar-refractivity contribution in [3.05, 3.63) is 56.8 Å². The minimum atomic E-state index is -0.592. The van der Waals surface area contributed by atoms with Crippen molar-refractivity contribution in [1.82, 2.24) is 10.2 Å². The summed E-state index contributed by atoms with van der Waals surface area (Å²) in [5.41, 5.74) is 1.61. The van der Waals surface area contributed by atoms with Gasteiger partial charge in [-0.25, -0.2) is 8.78 Å². The second-order valence-electron chi connectivity index (χ2n) is 6.19. The van der Waals surface area contributed by atoms with E-state index in [1.54, 1.807) is 23.3 Å². The third-order valence-corrected chi connectivity index (χ3v) is 5.69. The van der Waals surface area contributed by atoms with Gasteiger partial charge in [0.05, 0.1) is 4.88 Å². The van der Waals surface area contributed by atoms with Crippen molar-refractivity contribution >= 4 is 17.2 Å². The predicted molar refractivity (Wildman–Crippen MR) is 91.3 cm³/mol. The number of carbonyl (C=O) groups excluding carboxylic acids is 1.